The Labute approximate surface area is 168 Å². The van der Waals surface area contributed by atoms with Crippen molar-refractivity contribution in [2.45, 2.75) is 90.4 Å². The molecule has 4 heteroatoms. The second-order valence-corrected chi connectivity index (χ2v) is 9.15. The minimum Gasteiger partial charge on any atom is -0.481 e. The maximum Gasteiger partial charge on any atom is 0.309 e. The van der Waals surface area contributed by atoms with E-state index in [1.807, 2.05) is 0 Å². The van der Waals surface area contributed by atoms with Crippen molar-refractivity contribution >= 4 is 11.9 Å². The van der Waals surface area contributed by atoms with E-state index in [1.54, 1.807) is 0 Å². The normalized spacial score (nSPS) is 18.6. The zero-order valence-electron chi connectivity index (χ0n) is 17.1. The molecule has 28 heavy (non-hydrogen) atoms. The molecule has 2 N–H and O–H groups in total. The van der Waals surface area contributed by atoms with Crippen LogP contribution in [0.15, 0.2) is 18.2 Å². The van der Waals surface area contributed by atoms with Crippen LogP contribution < -0.4 is 0 Å². The molecule has 2 aliphatic rings. The smallest absolute Gasteiger partial charge is 0.309 e. The highest BCUT2D eigenvalue weighted by Crippen LogP contribution is 2.50. The van der Waals surface area contributed by atoms with Crippen molar-refractivity contribution in [1.29, 1.82) is 0 Å². The Balaban J connectivity index is 1.41. The highest BCUT2D eigenvalue weighted by atomic mass is 16.4. The lowest BCUT2D eigenvalue weighted by Gasteiger charge is -2.14. The third-order valence-corrected chi connectivity index (χ3v) is 7.06. The molecule has 0 radical (unpaired) electrons. The van der Waals surface area contributed by atoms with Gasteiger partial charge in [0.1, 0.15) is 0 Å². The molecule has 2 aliphatic carbocycles. The summed E-state index contributed by atoms with van der Waals surface area (Å²) in [6.07, 6.45) is 12.4. The van der Waals surface area contributed by atoms with E-state index in [9.17, 15) is 19.8 Å². The van der Waals surface area contributed by atoms with Crippen molar-refractivity contribution in [1.82, 2.24) is 0 Å². The molecule has 1 aromatic carbocycles. The van der Waals surface area contributed by atoms with Crippen LogP contribution in [0.4, 0.5) is 0 Å². The quantitative estimate of drug-likeness (QED) is 0.436. The maximum absolute atomic E-state index is 11.3. The van der Waals surface area contributed by atoms with Gasteiger partial charge in [0.05, 0.1) is 10.8 Å². The average Bonchev–Trinajstić information content (AvgIpc) is 3.55. The third kappa shape index (κ3) is 4.95. The first-order chi connectivity index (χ1) is 13.4. The molecule has 3 rings (SSSR count). The van der Waals surface area contributed by atoms with Gasteiger partial charge >= 0.3 is 11.9 Å². The van der Waals surface area contributed by atoms with E-state index in [0.29, 0.717) is 0 Å². The number of aryl methyl sites for hydroxylation is 2. The van der Waals surface area contributed by atoms with E-state index in [4.69, 9.17) is 0 Å². The van der Waals surface area contributed by atoms with Gasteiger partial charge in [0.15, 0.2) is 0 Å². The van der Waals surface area contributed by atoms with E-state index in [0.717, 1.165) is 83.5 Å². The van der Waals surface area contributed by atoms with Crippen molar-refractivity contribution in [2.75, 3.05) is 0 Å². The van der Waals surface area contributed by atoms with Gasteiger partial charge in [0, 0.05) is 0 Å². The number of aliphatic carboxylic acids is 2. The molecule has 0 aromatic heterocycles. The zero-order valence-corrected chi connectivity index (χ0v) is 17.1. The van der Waals surface area contributed by atoms with E-state index in [-0.39, 0.29) is 5.41 Å². The molecule has 0 saturated heterocycles. The number of carboxylic acids is 2. The fraction of sp³-hybridized carbons (Fsp3) is 0.667. The molecule has 0 aliphatic heterocycles. The summed E-state index contributed by atoms with van der Waals surface area (Å²) >= 11 is 0. The number of benzene rings is 1. The van der Waals surface area contributed by atoms with Crippen LogP contribution in [0.1, 0.15) is 87.3 Å². The highest BCUT2D eigenvalue weighted by molar-refractivity contribution is 5.78. The predicted molar refractivity (Wildman–Crippen MR) is 110 cm³/mol. The Morgan fingerprint density at radius 3 is 1.89 bits per heavy atom. The van der Waals surface area contributed by atoms with Gasteiger partial charge in [-0.2, -0.15) is 0 Å². The van der Waals surface area contributed by atoms with Crippen LogP contribution in [0.2, 0.25) is 0 Å². The number of hydrogen-bond donors (Lipinski definition) is 2. The van der Waals surface area contributed by atoms with Gasteiger partial charge in [-0.3, -0.25) is 9.59 Å². The van der Waals surface area contributed by atoms with Crippen LogP contribution in [-0.2, 0) is 22.4 Å². The maximum atomic E-state index is 11.3. The fourth-order valence-corrected chi connectivity index (χ4v) is 4.52. The van der Waals surface area contributed by atoms with Crippen LogP contribution >= 0.6 is 0 Å². The summed E-state index contributed by atoms with van der Waals surface area (Å²) in [5.74, 6) is -1.22. The summed E-state index contributed by atoms with van der Waals surface area (Å²) < 4.78 is 0. The Bertz CT molecular complexity index is 713. The summed E-state index contributed by atoms with van der Waals surface area (Å²) in [6, 6.07) is 6.52. The topological polar surface area (TPSA) is 74.6 Å². The molecular formula is C24H34O4. The lowest BCUT2D eigenvalue weighted by atomic mass is 9.91. The lowest BCUT2D eigenvalue weighted by molar-refractivity contribution is -0.144. The van der Waals surface area contributed by atoms with Gasteiger partial charge in [0.25, 0.3) is 0 Å². The van der Waals surface area contributed by atoms with Gasteiger partial charge in [-0.05, 0) is 87.8 Å². The Morgan fingerprint density at radius 1 is 0.821 bits per heavy atom. The number of hydrogen-bond acceptors (Lipinski definition) is 2. The molecule has 0 atom stereocenters. The first-order valence-corrected chi connectivity index (χ1v) is 10.9. The van der Waals surface area contributed by atoms with Gasteiger partial charge in [0.2, 0.25) is 0 Å². The summed E-state index contributed by atoms with van der Waals surface area (Å²) in [5, 5.41) is 18.6. The van der Waals surface area contributed by atoms with Crippen molar-refractivity contribution < 1.29 is 19.8 Å². The summed E-state index contributed by atoms with van der Waals surface area (Å²) in [5.41, 5.74) is 3.40. The zero-order chi connectivity index (χ0) is 20.2. The van der Waals surface area contributed by atoms with Gasteiger partial charge in [-0.1, -0.05) is 37.5 Å². The second kappa shape index (κ2) is 8.67. The molecule has 1 aromatic rings. The molecule has 2 saturated carbocycles. The highest BCUT2D eigenvalue weighted by Gasteiger charge is 2.49. The SMILES string of the molecule is Cc1cccc(CCCCCC2(C(=O)O)CC2)c1CCCCC1(C(=O)O)CC1. The van der Waals surface area contributed by atoms with Crippen LogP contribution in [0, 0.1) is 17.8 Å². The van der Waals surface area contributed by atoms with Gasteiger partial charge in [-0.15, -0.1) is 0 Å². The molecule has 0 amide bonds. The Kier molecular flexibility index (Phi) is 6.47. The first-order valence-electron chi connectivity index (χ1n) is 10.9. The van der Waals surface area contributed by atoms with Crippen LogP contribution in [0.3, 0.4) is 0 Å². The average molecular weight is 387 g/mol. The van der Waals surface area contributed by atoms with Gasteiger partial charge < -0.3 is 10.2 Å². The molecule has 4 nitrogen and oxygen atoms in total. The number of rotatable bonds is 13. The van der Waals surface area contributed by atoms with Crippen molar-refractivity contribution in [3.63, 3.8) is 0 Å². The number of unbranched alkanes of at least 4 members (excludes halogenated alkanes) is 3. The van der Waals surface area contributed by atoms with Crippen molar-refractivity contribution in [2.24, 2.45) is 10.8 Å². The standard InChI is InChI=1S/C24H34O4/c1-18-8-7-10-19(9-3-2-5-12-23(14-15-23)21(25)26)20(18)11-4-6-13-24(16-17-24)22(27)28/h7-8,10H,2-6,9,11-17H2,1H3,(H,25,26)(H,27,28). The molecule has 0 bridgehead atoms. The van der Waals surface area contributed by atoms with Gasteiger partial charge in [-0.25, -0.2) is 0 Å². The molecule has 0 unspecified atom stereocenters. The molecule has 0 spiro atoms. The molecule has 154 valence electrons. The van der Waals surface area contributed by atoms with Crippen LogP contribution in [0.25, 0.3) is 0 Å². The van der Waals surface area contributed by atoms with Crippen LogP contribution in [0.5, 0.6) is 0 Å². The van der Waals surface area contributed by atoms with Crippen molar-refractivity contribution in [3.8, 4) is 0 Å². The third-order valence-electron chi connectivity index (χ3n) is 7.06. The summed E-state index contributed by atoms with van der Waals surface area (Å²) in [7, 11) is 0. The largest absolute Gasteiger partial charge is 0.481 e. The van der Waals surface area contributed by atoms with E-state index < -0.39 is 17.4 Å². The number of carboxylic acid groups (broad SMARTS) is 2. The molecular weight excluding hydrogens is 352 g/mol. The summed E-state index contributed by atoms with van der Waals surface area (Å²) in [4.78, 5) is 22.5. The predicted octanol–water partition coefficient (Wildman–Crippen LogP) is 5.54. The van der Waals surface area contributed by atoms with Crippen LogP contribution in [-0.4, -0.2) is 22.2 Å². The number of carbonyl (C=O) groups is 2. The van der Waals surface area contributed by atoms with Crippen molar-refractivity contribution in [3.05, 3.63) is 34.9 Å². The molecule has 0 heterocycles. The minimum absolute atomic E-state index is 0.386. The molecule has 2 fully saturated rings. The fourth-order valence-electron chi connectivity index (χ4n) is 4.52. The van der Waals surface area contributed by atoms with E-state index in [2.05, 4.69) is 25.1 Å². The lowest BCUT2D eigenvalue weighted by Crippen LogP contribution is -2.14. The minimum atomic E-state index is -0.611. The Morgan fingerprint density at radius 2 is 1.36 bits per heavy atom. The second-order valence-electron chi connectivity index (χ2n) is 9.15. The van der Waals surface area contributed by atoms with E-state index >= 15 is 0 Å². The Hall–Kier alpha value is -1.84. The summed E-state index contributed by atoms with van der Waals surface area (Å²) in [6.45, 7) is 2.17. The first kappa shape index (κ1) is 20.9. The van der Waals surface area contributed by atoms with E-state index in [1.165, 1.54) is 16.7 Å². The monoisotopic (exact) mass is 386 g/mol.